The molecule has 0 bridgehead atoms. The van der Waals surface area contributed by atoms with Gasteiger partial charge in [-0.1, -0.05) is 6.07 Å². The fraction of sp³-hybridized carbons (Fsp3) is 0.0769. The van der Waals surface area contributed by atoms with Crippen LogP contribution in [0, 0.1) is 11.3 Å². The highest BCUT2D eigenvalue weighted by atomic mass is 16.5. The summed E-state index contributed by atoms with van der Waals surface area (Å²) in [6.45, 7) is 0. The normalized spacial score (nSPS) is 9.56. The van der Waals surface area contributed by atoms with Crippen molar-refractivity contribution in [3.8, 4) is 11.8 Å². The molecule has 1 aromatic carbocycles. The average Bonchev–Trinajstić information content (AvgIpc) is 2.41. The van der Waals surface area contributed by atoms with Gasteiger partial charge in [0, 0.05) is 6.20 Å². The number of rotatable bonds is 3. The standard InChI is InChI=1S/C13H12N4O/c1-18-11-6-2-4-9(8-14)12(11)17-10-5-3-7-16-13(10)15/h2-7,17H,1H3,(H2,15,16). The van der Waals surface area contributed by atoms with E-state index < -0.39 is 0 Å². The van der Waals surface area contributed by atoms with Gasteiger partial charge in [0.1, 0.15) is 17.6 Å². The average molecular weight is 240 g/mol. The smallest absolute Gasteiger partial charge is 0.147 e. The van der Waals surface area contributed by atoms with E-state index in [0.29, 0.717) is 28.5 Å². The van der Waals surface area contributed by atoms with Crippen LogP contribution in [0.3, 0.4) is 0 Å². The van der Waals surface area contributed by atoms with Crippen LogP contribution in [-0.2, 0) is 0 Å². The zero-order chi connectivity index (χ0) is 13.0. The fourth-order valence-electron chi connectivity index (χ4n) is 1.58. The molecule has 0 aliphatic heterocycles. The fourth-order valence-corrected chi connectivity index (χ4v) is 1.58. The summed E-state index contributed by atoms with van der Waals surface area (Å²) in [7, 11) is 1.55. The number of nitrogens with one attached hydrogen (secondary N) is 1. The van der Waals surface area contributed by atoms with E-state index in [1.165, 1.54) is 0 Å². The van der Waals surface area contributed by atoms with Crippen LogP contribution >= 0.6 is 0 Å². The van der Waals surface area contributed by atoms with E-state index in [0.717, 1.165) is 0 Å². The zero-order valence-electron chi connectivity index (χ0n) is 9.84. The summed E-state index contributed by atoms with van der Waals surface area (Å²) < 4.78 is 5.23. The molecule has 0 fully saturated rings. The molecule has 0 saturated carbocycles. The van der Waals surface area contributed by atoms with Gasteiger partial charge in [-0.25, -0.2) is 4.98 Å². The van der Waals surface area contributed by atoms with Crippen LogP contribution in [-0.4, -0.2) is 12.1 Å². The Morgan fingerprint density at radius 3 is 2.83 bits per heavy atom. The summed E-state index contributed by atoms with van der Waals surface area (Å²) in [5, 5.41) is 12.2. The zero-order valence-corrected chi connectivity index (χ0v) is 9.84. The lowest BCUT2D eigenvalue weighted by molar-refractivity contribution is 0.416. The second-order valence-electron chi connectivity index (χ2n) is 3.56. The van der Waals surface area contributed by atoms with Crippen molar-refractivity contribution in [1.29, 1.82) is 5.26 Å². The maximum absolute atomic E-state index is 9.09. The first-order valence-electron chi connectivity index (χ1n) is 5.31. The summed E-state index contributed by atoms with van der Waals surface area (Å²) >= 11 is 0. The summed E-state index contributed by atoms with van der Waals surface area (Å²) in [4.78, 5) is 3.98. The van der Waals surface area contributed by atoms with Crippen molar-refractivity contribution in [3.05, 3.63) is 42.1 Å². The third-order valence-electron chi connectivity index (χ3n) is 2.46. The summed E-state index contributed by atoms with van der Waals surface area (Å²) in [6, 6.07) is 10.9. The van der Waals surface area contributed by atoms with Crippen molar-refractivity contribution in [2.24, 2.45) is 0 Å². The van der Waals surface area contributed by atoms with Crippen LogP contribution in [0.2, 0.25) is 0 Å². The number of methoxy groups -OCH3 is 1. The lowest BCUT2D eigenvalue weighted by Crippen LogP contribution is -2.01. The maximum atomic E-state index is 9.09. The van der Waals surface area contributed by atoms with Crippen molar-refractivity contribution in [1.82, 2.24) is 4.98 Å². The van der Waals surface area contributed by atoms with Gasteiger partial charge in [0.2, 0.25) is 0 Å². The highest BCUT2D eigenvalue weighted by Crippen LogP contribution is 2.32. The van der Waals surface area contributed by atoms with E-state index >= 15 is 0 Å². The Hall–Kier alpha value is -2.74. The van der Waals surface area contributed by atoms with Gasteiger partial charge in [-0.2, -0.15) is 5.26 Å². The Morgan fingerprint density at radius 2 is 2.17 bits per heavy atom. The van der Waals surface area contributed by atoms with Gasteiger partial charge in [0.25, 0.3) is 0 Å². The van der Waals surface area contributed by atoms with E-state index in [9.17, 15) is 0 Å². The lowest BCUT2D eigenvalue weighted by Gasteiger charge is -2.13. The van der Waals surface area contributed by atoms with Crippen molar-refractivity contribution < 1.29 is 4.74 Å². The summed E-state index contributed by atoms with van der Waals surface area (Å²) in [5.41, 5.74) is 7.46. The molecule has 0 amide bonds. The molecule has 0 saturated heterocycles. The third kappa shape index (κ3) is 2.18. The monoisotopic (exact) mass is 240 g/mol. The molecular weight excluding hydrogens is 228 g/mol. The molecule has 0 radical (unpaired) electrons. The molecule has 3 N–H and O–H groups in total. The minimum Gasteiger partial charge on any atom is -0.495 e. The van der Waals surface area contributed by atoms with Crippen molar-refractivity contribution in [2.75, 3.05) is 18.2 Å². The molecule has 5 heteroatoms. The topological polar surface area (TPSA) is 84.0 Å². The number of nitriles is 1. The number of benzene rings is 1. The van der Waals surface area contributed by atoms with E-state index in [-0.39, 0.29) is 0 Å². The molecule has 0 spiro atoms. The Balaban J connectivity index is 2.46. The highest BCUT2D eigenvalue weighted by Gasteiger charge is 2.10. The highest BCUT2D eigenvalue weighted by molar-refractivity contribution is 5.77. The predicted molar refractivity (Wildman–Crippen MR) is 69.6 cm³/mol. The Kier molecular flexibility index (Phi) is 3.30. The molecule has 18 heavy (non-hydrogen) atoms. The SMILES string of the molecule is COc1cccc(C#N)c1Nc1cccnc1N. The van der Waals surface area contributed by atoms with Crippen LogP contribution < -0.4 is 15.8 Å². The van der Waals surface area contributed by atoms with Crippen LogP contribution in [0.25, 0.3) is 0 Å². The number of anilines is 3. The number of pyridine rings is 1. The van der Waals surface area contributed by atoms with Crippen LogP contribution in [0.1, 0.15) is 5.56 Å². The van der Waals surface area contributed by atoms with Gasteiger partial charge in [-0.05, 0) is 24.3 Å². The minimum atomic E-state index is 0.368. The largest absolute Gasteiger partial charge is 0.495 e. The number of nitrogens with zero attached hydrogens (tertiary/aromatic N) is 2. The predicted octanol–water partition coefficient (Wildman–Crippen LogP) is 2.29. The first-order chi connectivity index (χ1) is 8.76. The number of nitrogen functional groups attached to an aromatic ring is 1. The second-order valence-corrected chi connectivity index (χ2v) is 3.56. The van der Waals surface area contributed by atoms with Gasteiger partial charge < -0.3 is 15.8 Å². The maximum Gasteiger partial charge on any atom is 0.147 e. The molecule has 2 aromatic rings. The van der Waals surface area contributed by atoms with Crippen LogP contribution in [0.15, 0.2) is 36.5 Å². The first-order valence-corrected chi connectivity index (χ1v) is 5.31. The third-order valence-corrected chi connectivity index (χ3v) is 2.46. The van der Waals surface area contributed by atoms with Crippen molar-refractivity contribution in [2.45, 2.75) is 0 Å². The summed E-state index contributed by atoms with van der Waals surface area (Å²) in [6.07, 6.45) is 1.61. The van der Waals surface area contributed by atoms with Gasteiger partial charge in [0.15, 0.2) is 0 Å². The van der Waals surface area contributed by atoms with Gasteiger partial charge >= 0.3 is 0 Å². The number of hydrogen-bond acceptors (Lipinski definition) is 5. The molecule has 0 unspecified atom stereocenters. The molecule has 0 atom stereocenters. The Morgan fingerprint density at radius 1 is 1.33 bits per heavy atom. The van der Waals surface area contributed by atoms with E-state index in [1.807, 2.05) is 0 Å². The first kappa shape index (κ1) is 11.7. The number of aromatic nitrogens is 1. The molecule has 0 aliphatic carbocycles. The lowest BCUT2D eigenvalue weighted by atomic mass is 10.1. The number of nitrogens with two attached hydrogens (primary N) is 1. The molecule has 0 aliphatic rings. The molecule has 5 nitrogen and oxygen atoms in total. The molecular formula is C13H12N4O. The van der Waals surface area contributed by atoms with Gasteiger partial charge in [-0.3, -0.25) is 0 Å². The van der Waals surface area contributed by atoms with E-state index in [1.54, 1.807) is 43.6 Å². The quantitative estimate of drug-likeness (QED) is 0.859. The second kappa shape index (κ2) is 5.06. The van der Waals surface area contributed by atoms with Gasteiger partial charge in [-0.15, -0.1) is 0 Å². The minimum absolute atomic E-state index is 0.368. The molecule has 1 aromatic heterocycles. The van der Waals surface area contributed by atoms with E-state index in [2.05, 4.69) is 16.4 Å². The van der Waals surface area contributed by atoms with Crippen LogP contribution in [0.5, 0.6) is 5.75 Å². The molecule has 2 rings (SSSR count). The number of ether oxygens (including phenoxy) is 1. The van der Waals surface area contributed by atoms with Crippen LogP contribution in [0.4, 0.5) is 17.2 Å². The van der Waals surface area contributed by atoms with Crippen molar-refractivity contribution in [3.63, 3.8) is 0 Å². The Labute approximate surface area is 105 Å². The number of hydrogen-bond donors (Lipinski definition) is 2. The van der Waals surface area contributed by atoms with Gasteiger partial charge in [0.05, 0.1) is 24.0 Å². The van der Waals surface area contributed by atoms with Crippen molar-refractivity contribution >= 4 is 17.2 Å². The molecule has 1 heterocycles. The molecule has 90 valence electrons. The summed E-state index contributed by atoms with van der Waals surface area (Å²) in [5.74, 6) is 0.949. The number of para-hydroxylation sites is 1. The Bertz CT molecular complexity index is 604. The van der Waals surface area contributed by atoms with E-state index in [4.69, 9.17) is 15.7 Å².